The second-order valence-corrected chi connectivity index (χ2v) is 5.87. The molecule has 9 heteroatoms. The molecule has 0 atom stereocenters. The maximum atomic E-state index is 12.5. The summed E-state index contributed by atoms with van der Waals surface area (Å²) in [6.07, 6.45) is -4.46. The number of hydrogen-bond acceptors (Lipinski definition) is 3. The molecule has 0 unspecified atom stereocenters. The number of nitrogens with one attached hydrogen (secondary N) is 2. The fraction of sp³-hybridized carbons (Fsp3) is 0.222. The zero-order valence-corrected chi connectivity index (χ0v) is 14.9. The van der Waals surface area contributed by atoms with Gasteiger partial charge in [0.2, 0.25) is 0 Å². The van der Waals surface area contributed by atoms with Gasteiger partial charge in [-0.15, -0.1) is 0 Å². The first-order valence-electron chi connectivity index (χ1n) is 7.79. The molecular weight excluding hydrogens is 385 g/mol. The number of amides is 2. The van der Waals surface area contributed by atoms with Gasteiger partial charge in [-0.1, -0.05) is 11.6 Å². The predicted molar refractivity (Wildman–Crippen MR) is 94.1 cm³/mol. The van der Waals surface area contributed by atoms with E-state index in [4.69, 9.17) is 16.3 Å². The van der Waals surface area contributed by atoms with Crippen LogP contribution in [0.5, 0.6) is 5.75 Å². The summed E-state index contributed by atoms with van der Waals surface area (Å²) in [5, 5.41) is 5.54. The van der Waals surface area contributed by atoms with Crippen molar-refractivity contribution in [2.24, 2.45) is 0 Å². The van der Waals surface area contributed by atoms with Crippen LogP contribution in [0.1, 0.15) is 26.3 Å². The summed E-state index contributed by atoms with van der Waals surface area (Å²) in [5.41, 5.74) is -0.451. The predicted octanol–water partition coefficient (Wildman–Crippen LogP) is 3.53. The first-order valence-corrected chi connectivity index (χ1v) is 8.17. The maximum absolute atomic E-state index is 12.5. The number of benzene rings is 2. The third kappa shape index (κ3) is 5.62. The minimum Gasteiger partial charge on any atom is -0.496 e. The Balaban J connectivity index is 1.84. The Morgan fingerprint density at radius 1 is 1.00 bits per heavy atom. The molecule has 0 radical (unpaired) electrons. The van der Waals surface area contributed by atoms with E-state index in [-0.39, 0.29) is 24.2 Å². The Morgan fingerprint density at radius 2 is 1.59 bits per heavy atom. The smallest absolute Gasteiger partial charge is 0.416 e. The molecule has 2 aromatic rings. The van der Waals surface area contributed by atoms with Crippen LogP contribution in [-0.2, 0) is 6.18 Å². The lowest BCUT2D eigenvalue weighted by molar-refractivity contribution is -0.137. The first-order chi connectivity index (χ1) is 12.7. The largest absolute Gasteiger partial charge is 0.496 e. The van der Waals surface area contributed by atoms with Crippen molar-refractivity contribution >= 4 is 23.4 Å². The van der Waals surface area contributed by atoms with Crippen LogP contribution < -0.4 is 15.4 Å². The highest BCUT2D eigenvalue weighted by Crippen LogP contribution is 2.29. The molecule has 0 aliphatic carbocycles. The van der Waals surface area contributed by atoms with Crippen LogP contribution in [0, 0.1) is 0 Å². The van der Waals surface area contributed by atoms with Gasteiger partial charge in [0.15, 0.2) is 0 Å². The van der Waals surface area contributed by atoms with Crippen molar-refractivity contribution in [3.63, 3.8) is 0 Å². The average molecular weight is 401 g/mol. The Bertz CT molecular complexity index is 824. The van der Waals surface area contributed by atoms with Crippen molar-refractivity contribution in [2.75, 3.05) is 20.2 Å². The van der Waals surface area contributed by atoms with Crippen molar-refractivity contribution in [1.82, 2.24) is 10.6 Å². The van der Waals surface area contributed by atoms with Gasteiger partial charge in [-0.05, 0) is 42.5 Å². The van der Waals surface area contributed by atoms with Gasteiger partial charge < -0.3 is 15.4 Å². The lowest BCUT2D eigenvalue weighted by Gasteiger charge is -2.11. The fourth-order valence-corrected chi connectivity index (χ4v) is 2.37. The van der Waals surface area contributed by atoms with Gasteiger partial charge in [-0.3, -0.25) is 9.59 Å². The van der Waals surface area contributed by atoms with Gasteiger partial charge in [-0.25, -0.2) is 0 Å². The zero-order valence-electron chi connectivity index (χ0n) is 14.2. The Labute approximate surface area is 158 Å². The fourth-order valence-electron chi connectivity index (χ4n) is 2.21. The van der Waals surface area contributed by atoms with E-state index in [2.05, 4.69) is 10.6 Å². The van der Waals surface area contributed by atoms with E-state index in [0.29, 0.717) is 10.8 Å². The van der Waals surface area contributed by atoms with E-state index < -0.39 is 23.6 Å². The highest BCUT2D eigenvalue weighted by Gasteiger charge is 2.30. The van der Waals surface area contributed by atoms with Gasteiger partial charge in [0, 0.05) is 23.7 Å². The highest BCUT2D eigenvalue weighted by molar-refractivity contribution is 6.30. The van der Waals surface area contributed by atoms with Crippen molar-refractivity contribution in [2.45, 2.75) is 6.18 Å². The van der Waals surface area contributed by atoms with Crippen molar-refractivity contribution < 1.29 is 27.5 Å². The number of methoxy groups -OCH3 is 1. The molecule has 0 saturated carbocycles. The number of ether oxygens (including phenoxy) is 1. The average Bonchev–Trinajstić information content (AvgIpc) is 2.64. The second kappa shape index (κ2) is 8.77. The van der Waals surface area contributed by atoms with E-state index >= 15 is 0 Å². The normalized spacial score (nSPS) is 11.0. The third-order valence-electron chi connectivity index (χ3n) is 3.58. The van der Waals surface area contributed by atoms with Crippen molar-refractivity contribution in [3.8, 4) is 5.75 Å². The quantitative estimate of drug-likeness (QED) is 0.729. The van der Waals surface area contributed by atoms with Gasteiger partial charge >= 0.3 is 6.18 Å². The number of hydrogen-bond donors (Lipinski definition) is 2. The molecule has 144 valence electrons. The minimum atomic E-state index is -4.46. The second-order valence-electron chi connectivity index (χ2n) is 5.43. The molecule has 2 rings (SSSR count). The molecule has 0 fully saturated rings. The standard InChI is InChI=1S/C18H16ClF3N2O3/c1-27-15-10-13(19)6-7-14(15)17(26)24-9-8-23-16(25)11-2-4-12(5-3-11)18(20,21)22/h2-7,10H,8-9H2,1H3,(H,23,25)(H,24,26). The minimum absolute atomic E-state index is 0.0914. The molecule has 0 saturated heterocycles. The van der Waals surface area contributed by atoms with E-state index in [1.165, 1.54) is 19.2 Å². The SMILES string of the molecule is COc1cc(Cl)ccc1C(=O)NCCNC(=O)c1ccc(C(F)(F)F)cc1. The summed E-state index contributed by atoms with van der Waals surface area (Å²) < 4.78 is 42.6. The topological polar surface area (TPSA) is 67.4 Å². The maximum Gasteiger partial charge on any atom is 0.416 e. The number of carbonyl (C=O) groups excluding carboxylic acids is 2. The highest BCUT2D eigenvalue weighted by atomic mass is 35.5. The van der Waals surface area contributed by atoms with E-state index in [1.54, 1.807) is 6.07 Å². The van der Waals surface area contributed by atoms with Gasteiger partial charge in [-0.2, -0.15) is 13.2 Å². The molecule has 0 aliphatic heterocycles. The van der Waals surface area contributed by atoms with E-state index in [1.807, 2.05) is 0 Å². The van der Waals surface area contributed by atoms with E-state index in [9.17, 15) is 22.8 Å². The van der Waals surface area contributed by atoms with Crippen molar-refractivity contribution in [3.05, 3.63) is 64.2 Å². The number of alkyl halides is 3. The van der Waals surface area contributed by atoms with Crippen LogP contribution in [0.3, 0.4) is 0 Å². The Morgan fingerprint density at radius 3 is 2.15 bits per heavy atom. The van der Waals surface area contributed by atoms with Crippen LogP contribution in [0.4, 0.5) is 13.2 Å². The molecule has 2 N–H and O–H groups in total. The molecule has 2 amide bonds. The van der Waals surface area contributed by atoms with Crippen LogP contribution in [0.15, 0.2) is 42.5 Å². The molecule has 2 aromatic carbocycles. The summed E-state index contributed by atoms with van der Waals surface area (Å²) in [5.74, 6) is -0.636. The van der Waals surface area contributed by atoms with Crippen LogP contribution in [-0.4, -0.2) is 32.0 Å². The Hall–Kier alpha value is -2.74. The van der Waals surface area contributed by atoms with E-state index in [0.717, 1.165) is 24.3 Å². The molecule has 0 heterocycles. The zero-order chi connectivity index (χ0) is 20.0. The molecule has 0 aliphatic rings. The summed E-state index contributed by atoms with van der Waals surface area (Å²) in [6, 6.07) is 8.42. The lowest BCUT2D eigenvalue weighted by Crippen LogP contribution is -2.34. The molecule has 5 nitrogen and oxygen atoms in total. The lowest BCUT2D eigenvalue weighted by atomic mass is 10.1. The molecule has 0 aromatic heterocycles. The van der Waals surface area contributed by atoms with Crippen LogP contribution in [0.25, 0.3) is 0 Å². The molecule has 27 heavy (non-hydrogen) atoms. The molecular formula is C18H16ClF3N2O3. The number of carbonyl (C=O) groups is 2. The Kier molecular flexibility index (Phi) is 6.68. The van der Waals surface area contributed by atoms with Gasteiger partial charge in [0.1, 0.15) is 5.75 Å². The summed E-state index contributed by atoms with van der Waals surface area (Å²) in [6.45, 7) is 0.221. The third-order valence-corrected chi connectivity index (χ3v) is 3.81. The van der Waals surface area contributed by atoms with Crippen molar-refractivity contribution in [1.29, 1.82) is 0 Å². The molecule has 0 spiro atoms. The van der Waals surface area contributed by atoms with Crippen LogP contribution in [0.2, 0.25) is 5.02 Å². The molecule has 0 bridgehead atoms. The number of halogens is 4. The van der Waals surface area contributed by atoms with Gasteiger partial charge in [0.25, 0.3) is 11.8 Å². The van der Waals surface area contributed by atoms with Crippen LogP contribution >= 0.6 is 11.6 Å². The summed E-state index contributed by atoms with van der Waals surface area (Å²) in [7, 11) is 1.41. The first kappa shape index (κ1) is 20.6. The summed E-state index contributed by atoms with van der Waals surface area (Å²) in [4.78, 5) is 24.0. The van der Waals surface area contributed by atoms with Gasteiger partial charge in [0.05, 0.1) is 18.2 Å². The summed E-state index contributed by atoms with van der Waals surface area (Å²) >= 11 is 5.83. The number of rotatable bonds is 6. The monoisotopic (exact) mass is 400 g/mol.